The predicted octanol–water partition coefficient (Wildman–Crippen LogP) is 1.23. The summed E-state index contributed by atoms with van der Waals surface area (Å²) in [4.78, 5) is 21.9. The number of aryl methyl sites for hydroxylation is 1. The second-order valence-electron chi connectivity index (χ2n) is 3.19. The van der Waals surface area contributed by atoms with Crippen molar-refractivity contribution >= 4 is 17.9 Å². The first-order valence-electron chi connectivity index (χ1n) is 4.09. The van der Waals surface area contributed by atoms with Gasteiger partial charge in [0, 0.05) is 5.69 Å². The fourth-order valence-electron chi connectivity index (χ4n) is 1.54. The Hall–Kier alpha value is -1.64. The van der Waals surface area contributed by atoms with Crippen LogP contribution >= 0.6 is 0 Å². The van der Waals surface area contributed by atoms with Crippen LogP contribution in [0.5, 0.6) is 0 Å². The number of carbonyl (C=O) groups excluding carboxylic acids is 2. The molecule has 1 aromatic carbocycles. The molecule has 1 atom stereocenters. The summed E-state index contributed by atoms with van der Waals surface area (Å²) in [6.45, 7) is 1.94. The summed E-state index contributed by atoms with van der Waals surface area (Å²) in [5.41, 5.74) is 2.61. The fourth-order valence-corrected chi connectivity index (χ4v) is 1.54. The molecule has 1 unspecified atom stereocenters. The molecule has 13 heavy (non-hydrogen) atoms. The van der Waals surface area contributed by atoms with Crippen LogP contribution < -0.4 is 5.32 Å². The molecule has 0 saturated heterocycles. The molecule has 1 amide bonds. The normalized spacial score (nSPS) is 19.5. The number of aldehydes is 1. The number of rotatable bonds is 1. The van der Waals surface area contributed by atoms with Crippen molar-refractivity contribution in [1.82, 2.24) is 0 Å². The van der Waals surface area contributed by atoms with Gasteiger partial charge in [-0.2, -0.15) is 0 Å². The van der Waals surface area contributed by atoms with Crippen LogP contribution in [0.2, 0.25) is 0 Å². The van der Waals surface area contributed by atoms with Gasteiger partial charge in [-0.3, -0.25) is 4.79 Å². The molecule has 0 bridgehead atoms. The van der Waals surface area contributed by atoms with E-state index in [2.05, 4.69) is 5.32 Å². The van der Waals surface area contributed by atoms with E-state index in [0.717, 1.165) is 16.8 Å². The Kier molecular flexibility index (Phi) is 1.65. The molecule has 0 spiro atoms. The zero-order chi connectivity index (χ0) is 9.42. The van der Waals surface area contributed by atoms with Gasteiger partial charge in [0.1, 0.15) is 12.2 Å². The Morgan fingerprint density at radius 2 is 2.23 bits per heavy atom. The zero-order valence-electron chi connectivity index (χ0n) is 7.20. The highest BCUT2D eigenvalue weighted by Gasteiger charge is 2.29. The Balaban J connectivity index is 2.55. The van der Waals surface area contributed by atoms with E-state index in [4.69, 9.17) is 0 Å². The third kappa shape index (κ3) is 1.13. The Bertz CT molecular complexity index is 385. The van der Waals surface area contributed by atoms with Crippen LogP contribution in [0.25, 0.3) is 0 Å². The topological polar surface area (TPSA) is 46.2 Å². The maximum absolute atomic E-state index is 11.2. The first-order valence-corrected chi connectivity index (χ1v) is 4.09. The molecule has 1 aliphatic rings. The predicted molar refractivity (Wildman–Crippen MR) is 48.6 cm³/mol. The largest absolute Gasteiger partial charge is 0.325 e. The number of benzene rings is 1. The van der Waals surface area contributed by atoms with Crippen LogP contribution in [0.3, 0.4) is 0 Å². The number of hydrogen-bond acceptors (Lipinski definition) is 2. The molecule has 0 saturated carbocycles. The lowest BCUT2D eigenvalue weighted by atomic mass is 10.0. The van der Waals surface area contributed by atoms with Crippen LogP contribution in [0.4, 0.5) is 5.69 Å². The Morgan fingerprint density at radius 1 is 1.46 bits per heavy atom. The minimum absolute atomic E-state index is 0.226. The molecule has 0 fully saturated rings. The van der Waals surface area contributed by atoms with Crippen molar-refractivity contribution in [3.63, 3.8) is 0 Å². The number of fused-ring (bicyclic) bond motifs is 1. The minimum atomic E-state index is -0.616. The summed E-state index contributed by atoms with van der Waals surface area (Å²) in [6, 6.07) is 5.60. The first-order chi connectivity index (χ1) is 6.22. The smallest absolute Gasteiger partial charge is 0.239 e. The van der Waals surface area contributed by atoms with Crippen LogP contribution in [0, 0.1) is 6.92 Å². The van der Waals surface area contributed by atoms with E-state index in [1.165, 1.54) is 0 Å². The van der Waals surface area contributed by atoms with Gasteiger partial charge in [0.05, 0.1) is 0 Å². The van der Waals surface area contributed by atoms with Gasteiger partial charge < -0.3 is 10.1 Å². The second kappa shape index (κ2) is 2.69. The maximum atomic E-state index is 11.2. The number of amides is 1. The van der Waals surface area contributed by atoms with Gasteiger partial charge in [-0.15, -0.1) is 0 Å². The lowest BCUT2D eigenvalue weighted by Gasteiger charge is -2.00. The van der Waals surface area contributed by atoms with Gasteiger partial charge in [-0.05, 0) is 18.6 Å². The number of hydrogen-bond donors (Lipinski definition) is 1. The van der Waals surface area contributed by atoms with Crippen molar-refractivity contribution in [3.8, 4) is 0 Å². The maximum Gasteiger partial charge on any atom is 0.239 e. The Morgan fingerprint density at radius 3 is 2.92 bits per heavy atom. The fraction of sp³-hybridized carbons (Fsp3) is 0.200. The number of carbonyl (C=O) groups is 2. The van der Waals surface area contributed by atoms with Crippen LogP contribution in [-0.2, 0) is 9.59 Å². The highest BCUT2D eigenvalue weighted by atomic mass is 16.2. The number of anilines is 1. The molecule has 3 nitrogen and oxygen atoms in total. The van der Waals surface area contributed by atoms with Gasteiger partial charge in [-0.25, -0.2) is 0 Å². The summed E-state index contributed by atoms with van der Waals surface area (Å²) >= 11 is 0. The van der Waals surface area contributed by atoms with E-state index >= 15 is 0 Å². The molecular formula is C10H9NO2. The Labute approximate surface area is 75.8 Å². The molecule has 0 radical (unpaired) electrons. The molecule has 0 aliphatic carbocycles. The summed E-state index contributed by atoms with van der Waals surface area (Å²) in [7, 11) is 0. The number of nitrogens with one attached hydrogen (secondary N) is 1. The van der Waals surface area contributed by atoms with Crippen molar-refractivity contribution in [2.75, 3.05) is 5.32 Å². The van der Waals surface area contributed by atoms with Gasteiger partial charge in [0.15, 0.2) is 0 Å². The van der Waals surface area contributed by atoms with Gasteiger partial charge >= 0.3 is 0 Å². The van der Waals surface area contributed by atoms with Crippen molar-refractivity contribution in [2.45, 2.75) is 12.8 Å². The average Bonchev–Trinajstić information content (AvgIpc) is 2.40. The van der Waals surface area contributed by atoms with E-state index in [9.17, 15) is 9.59 Å². The standard InChI is InChI=1S/C10H9NO2/c1-6-2-3-9-7(4-6)8(5-12)10(13)11-9/h2-5,8H,1H3,(H,11,13). The SMILES string of the molecule is Cc1ccc2c(c1)C(C=O)C(=O)N2. The van der Waals surface area contributed by atoms with Crippen LogP contribution in [0.1, 0.15) is 17.0 Å². The first kappa shape index (κ1) is 7.98. The zero-order valence-corrected chi connectivity index (χ0v) is 7.20. The molecule has 1 aliphatic heterocycles. The van der Waals surface area contributed by atoms with Gasteiger partial charge in [0.2, 0.25) is 5.91 Å². The quantitative estimate of drug-likeness (QED) is 0.515. The van der Waals surface area contributed by atoms with E-state index in [-0.39, 0.29) is 5.91 Å². The monoisotopic (exact) mass is 175 g/mol. The summed E-state index contributed by atoms with van der Waals surface area (Å²) < 4.78 is 0. The lowest BCUT2D eigenvalue weighted by Crippen LogP contribution is -2.12. The second-order valence-corrected chi connectivity index (χ2v) is 3.19. The molecule has 1 aromatic rings. The summed E-state index contributed by atoms with van der Waals surface area (Å²) in [6.07, 6.45) is 0.681. The molecule has 1 N–H and O–H groups in total. The van der Waals surface area contributed by atoms with Crippen LogP contribution in [0.15, 0.2) is 18.2 Å². The summed E-state index contributed by atoms with van der Waals surface area (Å²) in [5, 5.41) is 2.66. The third-order valence-electron chi connectivity index (χ3n) is 2.22. The molecule has 2 rings (SSSR count). The average molecular weight is 175 g/mol. The highest BCUT2D eigenvalue weighted by molar-refractivity contribution is 6.11. The van der Waals surface area contributed by atoms with Crippen molar-refractivity contribution < 1.29 is 9.59 Å². The van der Waals surface area contributed by atoms with E-state index < -0.39 is 5.92 Å². The lowest BCUT2D eigenvalue weighted by molar-refractivity contribution is -0.121. The molecule has 66 valence electrons. The van der Waals surface area contributed by atoms with E-state index in [1.807, 2.05) is 25.1 Å². The molecule has 3 heteroatoms. The van der Waals surface area contributed by atoms with Crippen molar-refractivity contribution in [2.24, 2.45) is 0 Å². The van der Waals surface area contributed by atoms with E-state index in [1.54, 1.807) is 0 Å². The van der Waals surface area contributed by atoms with Crippen LogP contribution in [-0.4, -0.2) is 12.2 Å². The van der Waals surface area contributed by atoms with Crippen molar-refractivity contribution in [1.29, 1.82) is 0 Å². The third-order valence-corrected chi connectivity index (χ3v) is 2.22. The van der Waals surface area contributed by atoms with Crippen molar-refractivity contribution in [3.05, 3.63) is 29.3 Å². The molecular weight excluding hydrogens is 166 g/mol. The minimum Gasteiger partial charge on any atom is -0.325 e. The van der Waals surface area contributed by atoms with Gasteiger partial charge in [0.25, 0.3) is 0 Å². The van der Waals surface area contributed by atoms with E-state index in [0.29, 0.717) is 6.29 Å². The molecule has 1 heterocycles. The highest BCUT2D eigenvalue weighted by Crippen LogP contribution is 2.31. The van der Waals surface area contributed by atoms with Gasteiger partial charge in [-0.1, -0.05) is 17.7 Å². The summed E-state index contributed by atoms with van der Waals surface area (Å²) in [5.74, 6) is -0.842. The molecule has 0 aromatic heterocycles.